The van der Waals surface area contributed by atoms with E-state index in [-0.39, 0.29) is 11.4 Å². The van der Waals surface area contributed by atoms with Crippen LogP contribution in [0.2, 0.25) is 0 Å². The molecule has 1 heterocycles. The molecule has 0 bridgehead atoms. The number of ether oxygens (including phenoxy) is 1. The molecule has 5 aromatic rings. The Kier molecular flexibility index (Phi) is 6.60. The summed E-state index contributed by atoms with van der Waals surface area (Å²) < 4.78 is 21.8. The molecular weight excluding hydrogens is 483 g/mol. The predicted molar refractivity (Wildman–Crippen MR) is 143 cm³/mol. The van der Waals surface area contributed by atoms with Crippen LogP contribution in [0.1, 0.15) is 33.4 Å². The van der Waals surface area contributed by atoms with E-state index in [1.165, 1.54) is 30.0 Å². The molecule has 1 amide bonds. The van der Waals surface area contributed by atoms with Gasteiger partial charge in [0.15, 0.2) is 5.69 Å². The number of carbonyl (C=O) groups excluding carboxylic acids is 1. The highest BCUT2D eigenvalue weighted by Crippen LogP contribution is 2.37. The number of anilines is 1. The summed E-state index contributed by atoms with van der Waals surface area (Å²) in [6, 6.07) is 23.6. The minimum Gasteiger partial charge on any atom is -0.496 e. The molecule has 1 aromatic heterocycles. The molecule has 0 saturated heterocycles. The van der Waals surface area contributed by atoms with E-state index in [9.17, 15) is 14.3 Å². The second kappa shape index (κ2) is 10.2. The first-order valence-electron chi connectivity index (χ1n) is 11.8. The molecule has 7 nitrogen and oxygen atoms in total. The number of halogens is 1. The van der Waals surface area contributed by atoms with Crippen molar-refractivity contribution in [3.8, 4) is 11.4 Å². The SMILES string of the molecule is [C-]#[N+]c1cccc(-n2nc(C)cc2C(=O)Nc2cc(C(O)c3c(OC)ccc4ccccc34)ccc2F)c1. The number of nitrogens with one attached hydrogen (secondary N) is 1. The number of aliphatic hydroxyl groups is 1. The number of rotatable bonds is 6. The van der Waals surface area contributed by atoms with Crippen molar-refractivity contribution in [3.63, 3.8) is 0 Å². The van der Waals surface area contributed by atoms with Crippen molar-refractivity contribution in [3.05, 3.63) is 125 Å². The van der Waals surface area contributed by atoms with Gasteiger partial charge in [0.25, 0.3) is 5.91 Å². The van der Waals surface area contributed by atoms with Crippen molar-refractivity contribution < 1.29 is 19.0 Å². The molecule has 8 heteroatoms. The molecule has 0 spiro atoms. The fourth-order valence-corrected chi connectivity index (χ4v) is 4.45. The number of fused-ring (bicyclic) bond motifs is 1. The highest BCUT2D eigenvalue weighted by atomic mass is 19.1. The number of aliphatic hydroxyl groups excluding tert-OH is 1. The maximum Gasteiger partial charge on any atom is 0.274 e. The number of aromatic nitrogens is 2. The second-order valence-corrected chi connectivity index (χ2v) is 8.71. The van der Waals surface area contributed by atoms with Crippen LogP contribution in [-0.4, -0.2) is 27.9 Å². The van der Waals surface area contributed by atoms with E-state index in [2.05, 4.69) is 15.3 Å². The number of hydrogen-bond donors (Lipinski definition) is 2. The van der Waals surface area contributed by atoms with Gasteiger partial charge in [0, 0.05) is 5.56 Å². The van der Waals surface area contributed by atoms with Crippen LogP contribution < -0.4 is 10.1 Å². The summed E-state index contributed by atoms with van der Waals surface area (Å²) in [4.78, 5) is 16.7. The van der Waals surface area contributed by atoms with Crippen molar-refractivity contribution in [1.29, 1.82) is 0 Å². The van der Waals surface area contributed by atoms with Gasteiger partial charge in [-0.3, -0.25) is 4.79 Å². The molecule has 0 aliphatic rings. The van der Waals surface area contributed by atoms with Gasteiger partial charge in [-0.2, -0.15) is 5.10 Å². The topological polar surface area (TPSA) is 80.7 Å². The minimum atomic E-state index is -1.14. The first-order valence-corrected chi connectivity index (χ1v) is 11.8. The Hall–Kier alpha value is -5.00. The molecule has 38 heavy (non-hydrogen) atoms. The van der Waals surface area contributed by atoms with Gasteiger partial charge in [0.1, 0.15) is 23.4 Å². The molecule has 2 N–H and O–H groups in total. The molecule has 0 fully saturated rings. The van der Waals surface area contributed by atoms with Crippen molar-refractivity contribution in [2.45, 2.75) is 13.0 Å². The average Bonchev–Trinajstić information content (AvgIpc) is 3.35. The average molecular weight is 507 g/mol. The summed E-state index contributed by atoms with van der Waals surface area (Å²) >= 11 is 0. The van der Waals surface area contributed by atoms with Crippen molar-refractivity contribution in [1.82, 2.24) is 9.78 Å². The number of hydrogen-bond acceptors (Lipinski definition) is 4. The molecule has 1 atom stereocenters. The van der Waals surface area contributed by atoms with Gasteiger partial charge in [-0.25, -0.2) is 13.9 Å². The number of methoxy groups -OCH3 is 1. The largest absolute Gasteiger partial charge is 0.496 e. The molecule has 1 unspecified atom stereocenters. The van der Waals surface area contributed by atoms with Gasteiger partial charge in [0.2, 0.25) is 0 Å². The Bertz CT molecular complexity index is 1720. The molecule has 4 aromatic carbocycles. The second-order valence-electron chi connectivity index (χ2n) is 8.71. The maximum atomic E-state index is 14.9. The van der Waals surface area contributed by atoms with Crippen molar-refractivity contribution in [2.75, 3.05) is 12.4 Å². The monoisotopic (exact) mass is 506 g/mol. The predicted octanol–water partition coefficient (Wildman–Crippen LogP) is 6.37. The lowest BCUT2D eigenvalue weighted by Crippen LogP contribution is -2.18. The van der Waals surface area contributed by atoms with Crippen LogP contribution in [0.3, 0.4) is 0 Å². The fraction of sp³-hybridized carbons (Fsp3) is 0.100. The molecule has 0 aliphatic carbocycles. The lowest BCUT2D eigenvalue weighted by molar-refractivity contribution is 0.101. The minimum absolute atomic E-state index is 0.0916. The molecule has 5 rings (SSSR count). The Morgan fingerprint density at radius 1 is 1.08 bits per heavy atom. The number of aryl methyl sites for hydroxylation is 1. The Balaban J connectivity index is 1.50. The molecule has 0 radical (unpaired) electrons. The van der Waals surface area contributed by atoms with Crippen LogP contribution >= 0.6 is 0 Å². The van der Waals surface area contributed by atoms with Crippen LogP contribution in [0.25, 0.3) is 21.3 Å². The molecule has 188 valence electrons. The van der Waals surface area contributed by atoms with Gasteiger partial charge in [-0.15, -0.1) is 0 Å². The van der Waals surface area contributed by atoms with Crippen LogP contribution in [-0.2, 0) is 0 Å². The van der Waals surface area contributed by atoms with Crippen LogP contribution in [0.15, 0.2) is 84.9 Å². The summed E-state index contributed by atoms with van der Waals surface area (Å²) in [6.45, 7) is 8.99. The third-order valence-corrected chi connectivity index (χ3v) is 6.25. The van der Waals surface area contributed by atoms with E-state index in [0.717, 1.165) is 10.8 Å². The normalized spacial score (nSPS) is 11.7. The zero-order chi connectivity index (χ0) is 26.8. The number of benzene rings is 4. The highest BCUT2D eigenvalue weighted by molar-refractivity contribution is 6.03. The zero-order valence-electron chi connectivity index (χ0n) is 20.6. The Morgan fingerprint density at radius 2 is 1.89 bits per heavy atom. The standard InChI is InChI=1S/C30H23FN4O3/c1-18-15-26(35(34-18)22-9-6-8-21(17-22)32-2)30(37)33-25-16-20(11-13-24(25)31)29(36)28-23-10-5-4-7-19(23)12-14-27(28)38-3/h4-17,29,36H,1,3H3,(H,33,37). The lowest BCUT2D eigenvalue weighted by Gasteiger charge is -2.19. The van der Waals surface area contributed by atoms with E-state index in [4.69, 9.17) is 11.3 Å². The van der Waals surface area contributed by atoms with E-state index in [1.807, 2.05) is 30.3 Å². The first-order chi connectivity index (χ1) is 18.4. The van der Waals surface area contributed by atoms with Crippen molar-refractivity contribution in [2.24, 2.45) is 0 Å². The van der Waals surface area contributed by atoms with Gasteiger partial charge < -0.3 is 15.2 Å². The van der Waals surface area contributed by atoms with Crippen LogP contribution in [0.4, 0.5) is 15.8 Å². The number of amides is 1. The zero-order valence-corrected chi connectivity index (χ0v) is 20.6. The van der Waals surface area contributed by atoms with Gasteiger partial charge in [-0.1, -0.05) is 48.5 Å². The summed E-state index contributed by atoms with van der Waals surface area (Å²) in [5.41, 5.74) is 2.52. The lowest BCUT2D eigenvalue weighted by atomic mass is 9.94. The Morgan fingerprint density at radius 3 is 2.68 bits per heavy atom. The number of carbonyl (C=O) groups is 1. The van der Waals surface area contributed by atoms with Gasteiger partial charge >= 0.3 is 0 Å². The summed E-state index contributed by atoms with van der Waals surface area (Å²) in [6.07, 6.45) is -1.14. The molecule has 0 saturated carbocycles. The quantitative estimate of drug-likeness (QED) is 0.262. The highest BCUT2D eigenvalue weighted by Gasteiger charge is 2.22. The first kappa shape index (κ1) is 24.7. The van der Waals surface area contributed by atoms with Crippen molar-refractivity contribution >= 4 is 28.1 Å². The van der Waals surface area contributed by atoms with Gasteiger partial charge in [0.05, 0.1) is 30.8 Å². The third-order valence-electron chi connectivity index (χ3n) is 6.25. The Labute approximate surface area is 218 Å². The molecular formula is C30H23FN4O3. The van der Waals surface area contributed by atoms with E-state index in [0.29, 0.717) is 33.9 Å². The third kappa shape index (κ3) is 4.59. The van der Waals surface area contributed by atoms with Crippen LogP contribution in [0.5, 0.6) is 5.75 Å². The van der Waals surface area contributed by atoms with E-state index >= 15 is 0 Å². The number of nitrogens with zero attached hydrogens (tertiary/aromatic N) is 3. The van der Waals surface area contributed by atoms with Gasteiger partial charge in [-0.05, 0) is 59.7 Å². The maximum absolute atomic E-state index is 14.9. The van der Waals surface area contributed by atoms with E-state index in [1.54, 1.807) is 43.3 Å². The summed E-state index contributed by atoms with van der Waals surface area (Å²) in [5.74, 6) is -0.754. The smallest absolute Gasteiger partial charge is 0.274 e. The summed E-state index contributed by atoms with van der Waals surface area (Å²) in [5, 5.41) is 20.1. The van der Waals surface area contributed by atoms with Crippen LogP contribution in [0, 0.1) is 19.3 Å². The van der Waals surface area contributed by atoms with E-state index < -0.39 is 17.8 Å². The summed E-state index contributed by atoms with van der Waals surface area (Å²) in [7, 11) is 1.52. The molecule has 0 aliphatic heterocycles. The fourth-order valence-electron chi connectivity index (χ4n) is 4.45.